The van der Waals surface area contributed by atoms with Crippen LogP contribution in [0.5, 0.6) is 0 Å². The summed E-state index contributed by atoms with van der Waals surface area (Å²) in [5, 5.41) is 14.2. The molecule has 1 aliphatic heterocycles. The van der Waals surface area contributed by atoms with Gasteiger partial charge in [-0.15, -0.1) is 0 Å². The summed E-state index contributed by atoms with van der Waals surface area (Å²) in [5.41, 5.74) is 1.30. The van der Waals surface area contributed by atoms with Crippen LogP contribution < -0.4 is 10.5 Å². The molecule has 1 saturated heterocycles. The molecule has 1 aliphatic rings. The van der Waals surface area contributed by atoms with Gasteiger partial charge in [0.2, 0.25) is 0 Å². The Bertz CT molecular complexity index is 702. The van der Waals surface area contributed by atoms with Crippen LogP contribution in [0.2, 0.25) is 5.02 Å². The summed E-state index contributed by atoms with van der Waals surface area (Å²) in [5.74, 6) is 0. The minimum Gasteiger partial charge on any atom is -0.391 e. The second-order valence-corrected chi connectivity index (χ2v) is 5.91. The Hall–Kier alpha value is -1.85. The molecule has 1 aromatic heterocycles. The summed E-state index contributed by atoms with van der Waals surface area (Å²) < 4.78 is 1.36. The van der Waals surface area contributed by atoms with Gasteiger partial charge in [-0.1, -0.05) is 41.9 Å². The van der Waals surface area contributed by atoms with Crippen molar-refractivity contribution in [3.8, 4) is 0 Å². The van der Waals surface area contributed by atoms with Crippen LogP contribution in [-0.4, -0.2) is 34.1 Å². The van der Waals surface area contributed by atoms with Crippen molar-refractivity contribution in [3.05, 3.63) is 57.5 Å². The lowest BCUT2D eigenvalue weighted by atomic mass is 10.1. The zero-order valence-corrected chi connectivity index (χ0v) is 12.9. The van der Waals surface area contributed by atoms with E-state index in [2.05, 4.69) is 5.10 Å². The number of aliphatic hydroxyl groups excluding tert-OH is 1. The molecule has 0 radical (unpaired) electrons. The van der Waals surface area contributed by atoms with Crippen molar-refractivity contribution in [1.82, 2.24) is 9.78 Å². The minimum absolute atomic E-state index is 0.167. The number of halogens is 1. The lowest BCUT2D eigenvalue weighted by molar-refractivity contribution is 0.154. The summed E-state index contributed by atoms with van der Waals surface area (Å²) in [6.45, 7) is 1.66. The highest BCUT2D eigenvalue weighted by Crippen LogP contribution is 2.24. The number of hydrogen-bond acceptors (Lipinski definition) is 4. The zero-order chi connectivity index (χ0) is 15.5. The van der Waals surface area contributed by atoms with Crippen LogP contribution in [0.3, 0.4) is 0 Å². The maximum atomic E-state index is 12.4. The number of nitrogens with zero attached hydrogens (tertiary/aromatic N) is 3. The van der Waals surface area contributed by atoms with Crippen molar-refractivity contribution in [1.29, 1.82) is 0 Å². The molecule has 1 N–H and O–H groups in total. The lowest BCUT2D eigenvalue weighted by Gasteiger charge is -2.32. The second-order valence-electron chi connectivity index (χ2n) is 5.53. The summed E-state index contributed by atoms with van der Waals surface area (Å²) in [6.07, 6.45) is 2.90. The average molecular weight is 320 g/mol. The monoisotopic (exact) mass is 319 g/mol. The molecule has 0 saturated carbocycles. The average Bonchev–Trinajstić information content (AvgIpc) is 2.53. The lowest BCUT2D eigenvalue weighted by Crippen LogP contribution is -2.39. The Balaban J connectivity index is 1.87. The van der Waals surface area contributed by atoms with Crippen molar-refractivity contribution in [3.63, 3.8) is 0 Å². The molecule has 2 heterocycles. The van der Waals surface area contributed by atoms with Gasteiger partial charge in [0.1, 0.15) is 5.02 Å². The van der Waals surface area contributed by atoms with Gasteiger partial charge in [-0.3, -0.25) is 4.79 Å². The highest BCUT2D eigenvalue weighted by atomic mass is 35.5. The van der Waals surface area contributed by atoms with Crippen LogP contribution in [0.25, 0.3) is 0 Å². The predicted molar refractivity (Wildman–Crippen MR) is 86.5 cm³/mol. The first-order chi connectivity index (χ1) is 10.6. The molecule has 0 spiro atoms. The number of aliphatic hydroxyl groups is 1. The third kappa shape index (κ3) is 3.15. The molecular weight excluding hydrogens is 302 g/mol. The first kappa shape index (κ1) is 15.1. The smallest absolute Gasteiger partial charge is 0.287 e. The summed E-state index contributed by atoms with van der Waals surface area (Å²) in [4.78, 5) is 14.3. The van der Waals surface area contributed by atoms with Crippen LogP contribution in [0.15, 0.2) is 41.3 Å². The van der Waals surface area contributed by atoms with Gasteiger partial charge in [-0.05, 0) is 18.4 Å². The second kappa shape index (κ2) is 6.50. The molecule has 1 aromatic carbocycles. The highest BCUT2D eigenvalue weighted by molar-refractivity contribution is 6.33. The van der Waals surface area contributed by atoms with E-state index in [9.17, 15) is 9.90 Å². The first-order valence-corrected chi connectivity index (χ1v) is 7.75. The van der Waals surface area contributed by atoms with Gasteiger partial charge >= 0.3 is 0 Å². The largest absolute Gasteiger partial charge is 0.391 e. The number of β-amino-alcohol motifs (C(OH)–C–C–N with tert-alkyl or cyclic N) is 1. The van der Waals surface area contributed by atoms with Crippen molar-refractivity contribution in [2.45, 2.75) is 25.5 Å². The van der Waals surface area contributed by atoms with Gasteiger partial charge in [0.15, 0.2) is 0 Å². The van der Waals surface area contributed by atoms with Crippen molar-refractivity contribution >= 4 is 17.3 Å². The Morgan fingerprint density at radius 1 is 1.32 bits per heavy atom. The maximum Gasteiger partial charge on any atom is 0.287 e. The zero-order valence-electron chi connectivity index (χ0n) is 12.2. The van der Waals surface area contributed by atoms with Crippen LogP contribution >= 0.6 is 11.6 Å². The third-order valence-electron chi connectivity index (χ3n) is 3.88. The van der Waals surface area contributed by atoms with Gasteiger partial charge in [0, 0.05) is 13.1 Å². The van der Waals surface area contributed by atoms with E-state index in [-0.39, 0.29) is 16.7 Å². The number of piperidine rings is 1. The summed E-state index contributed by atoms with van der Waals surface area (Å²) in [6, 6.07) is 9.65. The van der Waals surface area contributed by atoms with E-state index in [0.717, 1.165) is 24.9 Å². The van der Waals surface area contributed by atoms with E-state index in [0.29, 0.717) is 18.8 Å². The Morgan fingerprint density at radius 2 is 2.09 bits per heavy atom. The van der Waals surface area contributed by atoms with Crippen molar-refractivity contribution in [2.75, 3.05) is 18.0 Å². The predicted octanol–water partition coefficient (Wildman–Crippen LogP) is 1.91. The van der Waals surface area contributed by atoms with Gasteiger partial charge < -0.3 is 10.0 Å². The number of hydrogen-bond donors (Lipinski definition) is 1. The van der Waals surface area contributed by atoms with Crippen LogP contribution in [0, 0.1) is 0 Å². The molecular formula is C16H18ClN3O2. The maximum absolute atomic E-state index is 12.4. The van der Waals surface area contributed by atoms with E-state index in [1.165, 1.54) is 4.68 Å². The van der Waals surface area contributed by atoms with E-state index < -0.39 is 0 Å². The topological polar surface area (TPSA) is 58.4 Å². The quantitative estimate of drug-likeness (QED) is 0.939. The molecule has 2 aromatic rings. The van der Waals surface area contributed by atoms with Crippen LogP contribution in [0.1, 0.15) is 18.4 Å². The molecule has 0 aliphatic carbocycles. The number of anilines is 1. The third-order valence-corrected chi connectivity index (χ3v) is 4.23. The van der Waals surface area contributed by atoms with E-state index in [1.807, 2.05) is 35.2 Å². The van der Waals surface area contributed by atoms with Crippen LogP contribution in [0.4, 0.5) is 5.69 Å². The highest BCUT2D eigenvalue weighted by Gasteiger charge is 2.22. The molecule has 3 rings (SSSR count). The normalized spacial score (nSPS) is 18.5. The number of aromatic nitrogens is 2. The molecule has 116 valence electrons. The standard InChI is InChI=1S/C16H18ClN3O2/c17-15-14(19-8-4-7-13(21)11-19)9-18-20(16(15)22)10-12-5-2-1-3-6-12/h1-3,5-6,9,13,21H,4,7-8,10-11H2. The fraction of sp³-hybridized carbons (Fsp3) is 0.375. The van der Waals surface area contributed by atoms with E-state index >= 15 is 0 Å². The van der Waals surface area contributed by atoms with Gasteiger partial charge in [-0.2, -0.15) is 5.10 Å². The van der Waals surface area contributed by atoms with Crippen molar-refractivity contribution in [2.24, 2.45) is 0 Å². The van der Waals surface area contributed by atoms with E-state index in [4.69, 9.17) is 11.6 Å². The van der Waals surface area contributed by atoms with E-state index in [1.54, 1.807) is 6.20 Å². The molecule has 1 fully saturated rings. The molecule has 5 nitrogen and oxygen atoms in total. The molecule has 0 bridgehead atoms. The fourth-order valence-corrected chi connectivity index (χ4v) is 2.99. The number of rotatable bonds is 3. The van der Waals surface area contributed by atoms with Crippen molar-refractivity contribution < 1.29 is 5.11 Å². The van der Waals surface area contributed by atoms with Gasteiger partial charge in [0.05, 0.1) is 24.5 Å². The first-order valence-electron chi connectivity index (χ1n) is 7.37. The minimum atomic E-state index is -0.378. The van der Waals surface area contributed by atoms with Gasteiger partial charge in [-0.25, -0.2) is 4.68 Å². The molecule has 22 heavy (non-hydrogen) atoms. The number of benzene rings is 1. The van der Waals surface area contributed by atoms with Crippen LogP contribution in [-0.2, 0) is 6.54 Å². The summed E-state index contributed by atoms with van der Waals surface area (Å²) in [7, 11) is 0. The molecule has 6 heteroatoms. The Morgan fingerprint density at radius 3 is 2.82 bits per heavy atom. The Kier molecular flexibility index (Phi) is 4.45. The fourth-order valence-electron chi connectivity index (χ4n) is 2.72. The molecule has 0 amide bonds. The van der Waals surface area contributed by atoms with Gasteiger partial charge in [0.25, 0.3) is 5.56 Å². The molecule has 1 unspecified atom stereocenters. The summed E-state index contributed by atoms with van der Waals surface area (Å²) >= 11 is 6.25. The SMILES string of the molecule is O=c1c(Cl)c(N2CCCC(O)C2)cnn1Cc1ccccc1. The Labute approximate surface area is 133 Å². The molecule has 1 atom stereocenters.